The van der Waals surface area contributed by atoms with Crippen LogP contribution in [0.3, 0.4) is 0 Å². The predicted octanol–water partition coefficient (Wildman–Crippen LogP) is 4.05. The van der Waals surface area contributed by atoms with Crippen molar-refractivity contribution in [3.05, 3.63) is 59.1 Å². The molecule has 8 heteroatoms. The SMILES string of the molecule is CC(C)C(NCC(=O)Nc1cccc(S(=O)(=O)N2CCCC2)c1)c1ccc(Cl)cc1. The summed E-state index contributed by atoms with van der Waals surface area (Å²) in [4.78, 5) is 12.7. The Bertz CT molecular complexity index is 971. The number of anilines is 1. The maximum atomic E-state index is 12.7. The van der Waals surface area contributed by atoms with E-state index in [0.717, 1.165) is 18.4 Å². The van der Waals surface area contributed by atoms with Crippen molar-refractivity contribution in [2.45, 2.75) is 37.6 Å². The number of carbonyl (C=O) groups excluding carboxylic acids is 1. The van der Waals surface area contributed by atoms with Gasteiger partial charge >= 0.3 is 0 Å². The van der Waals surface area contributed by atoms with Crippen LogP contribution in [0.2, 0.25) is 5.02 Å². The Morgan fingerprint density at radius 2 is 1.77 bits per heavy atom. The first kappa shape index (κ1) is 22.7. The number of hydrogen-bond acceptors (Lipinski definition) is 4. The van der Waals surface area contributed by atoms with Gasteiger partial charge in [0.05, 0.1) is 11.4 Å². The Balaban J connectivity index is 1.63. The van der Waals surface area contributed by atoms with Crippen molar-refractivity contribution in [2.24, 2.45) is 5.92 Å². The average Bonchev–Trinajstić information content (AvgIpc) is 3.25. The van der Waals surface area contributed by atoms with Gasteiger partial charge in [-0.25, -0.2) is 8.42 Å². The van der Waals surface area contributed by atoms with E-state index in [9.17, 15) is 13.2 Å². The van der Waals surface area contributed by atoms with Crippen molar-refractivity contribution >= 4 is 33.2 Å². The molecule has 1 atom stereocenters. The van der Waals surface area contributed by atoms with Crippen LogP contribution >= 0.6 is 11.6 Å². The number of sulfonamides is 1. The van der Waals surface area contributed by atoms with Gasteiger partial charge in [0.2, 0.25) is 15.9 Å². The van der Waals surface area contributed by atoms with Crippen LogP contribution in [-0.4, -0.2) is 38.3 Å². The van der Waals surface area contributed by atoms with E-state index in [-0.39, 0.29) is 29.3 Å². The van der Waals surface area contributed by atoms with Gasteiger partial charge in [0.15, 0.2) is 0 Å². The molecule has 1 aliphatic rings. The molecule has 1 fully saturated rings. The van der Waals surface area contributed by atoms with Crippen molar-refractivity contribution in [3.8, 4) is 0 Å². The highest BCUT2D eigenvalue weighted by Crippen LogP contribution is 2.24. The standard InChI is InChI=1S/C22H28ClN3O3S/c1-16(2)22(17-8-10-18(23)11-9-17)24-15-21(27)25-19-6-5-7-20(14-19)30(28,29)26-12-3-4-13-26/h5-11,14,16,22,24H,3-4,12-13,15H2,1-2H3,(H,25,27). The Labute approximate surface area is 183 Å². The maximum absolute atomic E-state index is 12.7. The van der Waals surface area contributed by atoms with Gasteiger partial charge in [-0.2, -0.15) is 4.31 Å². The minimum absolute atomic E-state index is 0.00473. The number of hydrogen-bond donors (Lipinski definition) is 2. The van der Waals surface area contributed by atoms with Crippen LogP contribution in [0.25, 0.3) is 0 Å². The zero-order chi connectivity index (χ0) is 21.7. The molecule has 0 aliphatic carbocycles. The summed E-state index contributed by atoms with van der Waals surface area (Å²) >= 11 is 5.97. The minimum atomic E-state index is -3.52. The Hall–Kier alpha value is -1.93. The second-order valence-corrected chi connectivity index (χ2v) is 10.2. The molecule has 1 amide bonds. The number of amides is 1. The third-order valence-electron chi connectivity index (χ3n) is 5.20. The molecule has 0 radical (unpaired) electrons. The smallest absolute Gasteiger partial charge is 0.243 e. The van der Waals surface area contributed by atoms with Gasteiger partial charge in [-0.1, -0.05) is 43.6 Å². The van der Waals surface area contributed by atoms with Crippen molar-refractivity contribution in [3.63, 3.8) is 0 Å². The van der Waals surface area contributed by atoms with Gasteiger partial charge in [-0.05, 0) is 54.7 Å². The van der Waals surface area contributed by atoms with Crippen LogP contribution in [0.5, 0.6) is 0 Å². The first-order valence-electron chi connectivity index (χ1n) is 10.2. The van der Waals surface area contributed by atoms with Crippen molar-refractivity contribution in [1.82, 2.24) is 9.62 Å². The number of halogens is 1. The van der Waals surface area contributed by atoms with Gasteiger partial charge in [0.25, 0.3) is 0 Å². The summed E-state index contributed by atoms with van der Waals surface area (Å²) in [7, 11) is -3.52. The van der Waals surface area contributed by atoms with Gasteiger partial charge in [0, 0.05) is 29.8 Å². The Kier molecular flexibility index (Phi) is 7.52. The van der Waals surface area contributed by atoms with E-state index in [4.69, 9.17) is 11.6 Å². The molecule has 3 rings (SSSR count). The van der Waals surface area contributed by atoms with E-state index in [2.05, 4.69) is 24.5 Å². The third-order valence-corrected chi connectivity index (χ3v) is 7.35. The van der Waals surface area contributed by atoms with Crippen LogP contribution in [0.15, 0.2) is 53.4 Å². The molecule has 0 bridgehead atoms. The quantitative estimate of drug-likeness (QED) is 0.637. The van der Waals surface area contributed by atoms with Gasteiger partial charge in [-0.15, -0.1) is 0 Å². The summed E-state index contributed by atoms with van der Waals surface area (Å²) < 4.78 is 27.0. The highest BCUT2D eigenvalue weighted by atomic mass is 35.5. The van der Waals surface area contributed by atoms with Crippen LogP contribution in [0.1, 0.15) is 38.3 Å². The van der Waals surface area contributed by atoms with E-state index in [1.165, 1.54) is 10.4 Å². The molecule has 6 nitrogen and oxygen atoms in total. The lowest BCUT2D eigenvalue weighted by Gasteiger charge is -2.23. The number of nitrogens with zero attached hydrogens (tertiary/aromatic N) is 1. The minimum Gasteiger partial charge on any atom is -0.325 e. The Morgan fingerprint density at radius 3 is 2.40 bits per heavy atom. The molecule has 0 spiro atoms. The van der Waals surface area contributed by atoms with E-state index in [1.807, 2.05) is 24.3 Å². The second-order valence-electron chi connectivity index (χ2n) is 7.84. The maximum Gasteiger partial charge on any atom is 0.243 e. The highest BCUT2D eigenvalue weighted by Gasteiger charge is 2.27. The highest BCUT2D eigenvalue weighted by molar-refractivity contribution is 7.89. The van der Waals surface area contributed by atoms with E-state index in [0.29, 0.717) is 23.8 Å². The fourth-order valence-electron chi connectivity index (χ4n) is 3.63. The number of nitrogens with one attached hydrogen (secondary N) is 2. The lowest BCUT2D eigenvalue weighted by Crippen LogP contribution is -2.33. The average molecular weight is 450 g/mol. The molecule has 2 N–H and O–H groups in total. The molecule has 162 valence electrons. The molecule has 1 saturated heterocycles. The zero-order valence-electron chi connectivity index (χ0n) is 17.3. The van der Waals surface area contributed by atoms with Gasteiger partial charge in [-0.3, -0.25) is 4.79 Å². The summed E-state index contributed by atoms with van der Waals surface area (Å²) in [6, 6.07) is 14.0. The molecule has 1 aliphatic heterocycles. The van der Waals surface area contributed by atoms with Crippen molar-refractivity contribution in [2.75, 3.05) is 25.0 Å². The van der Waals surface area contributed by atoms with E-state index < -0.39 is 10.0 Å². The molecule has 2 aromatic carbocycles. The summed E-state index contributed by atoms with van der Waals surface area (Å²) in [5, 5.41) is 6.75. The molecule has 0 aromatic heterocycles. The number of rotatable bonds is 8. The number of carbonyl (C=O) groups is 1. The third kappa shape index (κ3) is 5.60. The second kappa shape index (κ2) is 9.92. The topological polar surface area (TPSA) is 78.5 Å². The zero-order valence-corrected chi connectivity index (χ0v) is 18.8. The van der Waals surface area contributed by atoms with Crippen molar-refractivity contribution < 1.29 is 13.2 Å². The Morgan fingerprint density at radius 1 is 1.10 bits per heavy atom. The van der Waals surface area contributed by atoms with Gasteiger partial charge in [0.1, 0.15) is 0 Å². The molecule has 0 saturated carbocycles. The van der Waals surface area contributed by atoms with Crippen molar-refractivity contribution in [1.29, 1.82) is 0 Å². The lowest BCUT2D eigenvalue weighted by molar-refractivity contribution is -0.115. The molecule has 30 heavy (non-hydrogen) atoms. The summed E-state index contributed by atoms with van der Waals surface area (Å²) in [5.74, 6) is 0.0400. The fraction of sp³-hybridized carbons (Fsp3) is 0.409. The summed E-state index contributed by atoms with van der Waals surface area (Å²) in [5.41, 5.74) is 1.52. The summed E-state index contributed by atoms with van der Waals surface area (Å²) in [6.07, 6.45) is 1.76. The van der Waals surface area contributed by atoms with E-state index >= 15 is 0 Å². The molecule has 1 heterocycles. The van der Waals surface area contributed by atoms with Crippen LogP contribution in [0, 0.1) is 5.92 Å². The molecule has 2 aromatic rings. The lowest BCUT2D eigenvalue weighted by atomic mass is 9.96. The van der Waals surface area contributed by atoms with E-state index in [1.54, 1.807) is 18.2 Å². The largest absolute Gasteiger partial charge is 0.325 e. The molecular weight excluding hydrogens is 422 g/mol. The fourth-order valence-corrected chi connectivity index (χ4v) is 5.32. The van der Waals surface area contributed by atoms with Crippen LogP contribution in [-0.2, 0) is 14.8 Å². The normalized spacial score (nSPS) is 16.0. The summed E-state index contributed by atoms with van der Waals surface area (Å²) in [6.45, 7) is 5.36. The number of benzene rings is 2. The van der Waals surface area contributed by atoms with Gasteiger partial charge < -0.3 is 10.6 Å². The first-order valence-corrected chi connectivity index (χ1v) is 12.0. The monoisotopic (exact) mass is 449 g/mol. The predicted molar refractivity (Wildman–Crippen MR) is 120 cm³/mol. The molecule has 1 unspecified atom stereocenters. The van der Waals surface area contributed by atoms with Crippen LogP contribution in [0.4, 0.5) is 5.69 Å². The molecular formula is C22H28ClN3O3S. The van der Waals surface area contributed by atoms with Crippen LogP contribution < -0.4 is 10.6 Å². The first-order chi connectivity index (χ1) is 14.3.